The molecule has 2 atom stereocenters. The number of hydrogen-bond acceptors (Lipinski definition) is 8. The molecular formula is C35H36BrN5O6S. The summed E-state index contributed by atoms with van der Waals surface area (Å²) in [5.74, 6) is 2.12. The molecule has 5 fully saturated rings. The fourth-order valence-electron chi connectivity index (χ4n) is 9.11. The number of aromatic amines is 1. The van der Waals surface area contributed by atoms with Gasteiger partial charge in [0.2, 0.25) is 5.91 Å². The highest BCUT2D eigenvalue weighted by Gasteiger charge is 2.60. The minimum absolute atomic E-state index is 0.0441. The van der Waals surface area contributed by atoms with E-state index in [9.17, 15) is 22.8 Å². The normalized spacial score (nSPS) is 26.6. The van der Waals surface area contributed by atoms with E-state index in [1.54, 1.807) is 48.7 Å². The third-order valence-corrected chi connectivity index (χ3v) is 13.0. The van der Waals surface area contributed by atoms with Crippen molar-refractivity contribution >= 4 is 48.5 Å². The molecule has 2 unspecified atom stereocenters. The highest BCUT2D eigenvalue weighted by atomic mass is 79.9. The van der Waals surface area contributed by atoms with Crippen LogP contribution in [-0.4, -0.2) is 64.3 Å². The number of nitrogens with zero attached hydrogens (tertiary/aromatic N) is 4. The molecule has 4 saturated carbocycles. The lowest BCUT2D eigenvalue weighted by molar-refractivity contribution is -0.155. The second-order valence-electron chi connectivity index (χ2n) is 14.1. The fourth-order valence-corrected chi connectivity index (χ4v) is 11.7. The topological polar surface area (TPSA) is 135 Å². The number of halogens is 1. The van der Waals surface area contributed by atoms with E-state index in [2.05, 4.69) is 25.9 Å². The first kappa shape index (κ1) is 31.3. The van der Waals surface area contributed by atoms with Gasteiger partial charge in [0.1, 0.15) is 16.5 Å². The van der Waals surface area contributed by atoms with Crippen LogP contribution >= 0.6 is 15.9 Å². The summed E-state index contributed by atoms with van der Waals surface area (Å²) in [6.07, 6.45) is 9.60. The molecule has 1 aliphatic heterocycles. The van der Waals surface area contributed by atoms with Gasteiger partial charge in [-0.15, -0.1) is 0 Å². The Balaban J connectivity index is 0.969. The summed E-state index contributed by atoms with van der Waals surface area (Å²) in [4.78, 5) is 50.0. The number of aromatic nitrogens is 3. The van der Waals surface area contributed by atoms with Gasteiger partial charge < -0.3 is 14.0 Å². The number of carbonyl (C=O) groups excluding carboxylic acids is 1. The number of amides is 1. The average molecular weight is 735 g/mol. The number of pyridine rings is 1. The standard InChI is InChI=1S/C35H36BrN5O6S/c36-35-18-24-14-25(19-35)17-34(16-24,22-35)32(43)40-12-10-39(11-13-40)31-15-30(42)38-33(44)41(31)21-23-4-6-27(7-5-23)47-48(45,46)29-3-1-2-26-20-37-9-8-28(26)29/h1-9,15,20,24-25H,10-14,16-19,21-22H2,(H,38,42,44). The van der Waals surface area contributed by atoms with E-state index < -0.39 is 21.4 Å². The molecule has 4 aromatic rings. The van der Waals surface area contributed by atoms with Crippen molar-refractivity contribution in [2.24, 2.45) is 17.3 Å². The third kappa shape index (κ3) is 5.64. The van der Waals surface area contributed by atoms with Gasteiger partial charge in [0.25, 0.3) is 5.56 Å². The Kier molecular flexibility index (Phi) is 7.55. The number of H-pyrrole nitrogens is 1. The van der Waals surface area contributed by atoms with E-state index in [4.69, 9.17) is 4.18 Å². The Bertz CT molecular complexity index is 2120. The molecule has 0 radical (unpaired) electrons. The Morgan fingerprint density at radius 3 is 2.42 bits per heavy atom. The highest BCUT2D eigenvalue weighted by Crippen LogP contribution is 2.64. The van der Waals surface area contributed by atoms with Gasteiger partial charge in [-0.05, 0) is 80.2 Å². The van der Waals surface area contributed by atoms with Gasteiger partial charge in [-0.25, -0.2) is 4.79 Å². The van der Waals surface area contributed by atoms with Gasteiger partial charge in [-0.2, -0.15) is 8.42 Å². The number of carbonyl (C=O) groups is 1. The molecule has 2 aromatic heterocycles. The molecule has 5 aliphatic rings. The zero-order valence-corrected chi connectivity index (χ0v) is 28.7. The van der Waals surface area contributed by atoms with E-state index in [-0.39, 0.29) is 32.8 Å². The molecule has 2 aromatic carbocycles. The smallest absolute Gasteiger partial charge is 0.339 e. The van der Waals surface area contributed by atoms with Crippen LogP contribution in [0.3, 0.4) is 0 Å². The molecule has 48 heavy (non-hydrogen) atoms. The number of nitrogens with one attached hydrogen (secondary N) is 1. The van der Waals surface area contributed by atoms with Gasteiger partial charge >= 0.3 is 15.8 Å². The molecule has 1 N–H and O–H groups in total. The van der Waals surface area contributed by atoms with Gasteiger partial charge in [0.15, 0.2) is 0 Å². The maximum absolute atomic E-state index is 14.0. The number of piperazine rings is 1. The molecule has 4 aliphatic carbocycles. The Morgan fingerprint density at radius 1 is 0.979 bits per heavy atom. The maximum Gasteiger partial charge on any atom is 0.339 e. The van der Waals surface area contributed by atoms with Crippen molar-refractivity contribution in [3.63, 3.8) is 0 Å². The number of fused-ring (bicyclic) bond motifs is 1. The number of hydrogen-bond donors (Lipinski definition) is 1. The van der Waals surface area contributed by atoms with E-state index >= 15 is 0 Å². The molecule has 13 heteroatoms. The van der Waals surface area contributed by atoms with Crippen LogP contribution in [0.4, 0.5) is 5.82 Å². The fraction of sp³-hybridized carbons (Fsp3) is 0.429. The molecule has 0 spiro atoms. The van der Waals surface area contributed by atoms with Crippen molar-refractivity contribution < 1.29 is 17.4 Å². The summed E-state index contributed by atoms with van der Waals surface area (Å²) >= 11 is 4.03. The van der Waals surface area contributed by atoms with Crippen LogP contribution in [0.5, 0.6) is 5.75 Å². The molecule has 1 amide bonds. The van der Waals surface area contributed by atoms with Crippen LogP contribution in [-0.2, 0) is 21.5 Å². The lowest BCUT2D eigenvalue weighted by Crippen LogP contribution is -2.61. The Labute approximate surface area is 286 Å². The Morgan fingerprint density at radius 2 is 1.71 bits per heavy atom. The summed E-state index contributed by atoms with van der Waals surface area (Å²) in [5.41, 5.74) is -0.589. The summed E-state index contributed by atoms with van der Waals surface area (Å²) in [6, 6.07) is 14.4. The summed E-state index contributed by atoms with van der Waals surface area (Å²) < 4.78 is 33.4. The zero-order chi connectivity index (χ0) is 33.3. The largest absolute Gasteiger partial charge is 0.379 e. The predicted molar refractivity (Wildman–Crippen MR) is 184 cm³/mol. The SMILES string of the molecule is O=C(N1CCN(c2cc(=O)[nH]c(=O)n2Cc2ccc(OS(=O)(=O)c3cccc4cnccc34)cc2)CC1)C12CC3CC(CC(Br)(C3)C1)C2. The van der Waals surface area contributed by atoms with Crippen molar-refractivity contribution in [2.45, 2.75) is 54.3 Å². The van der Waals surface area contributed by atoms with Crippen LogP contribution < -0.4 is 20.3 Å². The van der Waals surface area contributed by atoms with Crippen molar-refractivity contribution in [3.8, 4) is 5.75 Å². The summed E-state index contributed by atoms with van der Waals surface area (Å²) in [7, 11) is -4.13. The van der Waals surface area contributed by atoms with E-state index in [1.807, 2.05) is 9.80 Å². The third-order valence-electron chi connectivity index (χ3n) is 10.7. The van der Waals surface area contributed by atoms with E-state index in [0.717, 1.165) is 19.3 Å². The van der Waals surface area contributed by atoms with Crippen molar-refractivity contribution in [3.05, 3.63) is 93.4 Å². The van der Waals surface area contributed by atoms with Crippen LogP contribution in [0, 0.1) is 17.3 Å². The van der Waals surface area contributed by atoms with Gasteiger partial charge in [-0.1, -0.05) is 40.2 Å². The number of alkyl halides is 1. The molecular weight excluding hydrogens is 698 g/mol. The van der Waals surface area contributed by atoms with Gasteiger partial charge in [0, 0.05) is 59.7 Å². The molecule has 3 heterocycles. The molecule has 11 nitrogen and oxygen atoms in total. The minimum Gasteiger partial charge on any atom is -0.379 e. The monoisotopic (exact) mass is 733 g/mol. The second kappa shape index (κ2) is 11.6. The maximum atomic E-state index is 14.0. The predicted octanol–water partition coefficient (Wildman–Crippen LogP) is 4.28. The van der Waals surface area contributed by atoms with E-state index in [0.29, 0.717) is 60.2 Å². The summed E-state index contributed by atoms with van der Waals surface area (Å²) in [6.45, 7) is 2.21. The Hall–Kier alpha value is -3.97. The van der Waals surface area contributed by atoms with Gasteiger partial charge in [-0.3, -0.25) is 24.1 Å². The van der Waals surface area contributed by atoms with Crippen LogP contribution in [0.25, 0.3) is 10.8 Å². The van der Waals surface area contributed by atoms with Crippen LogP contribution in [0.15, 0.2) is 81.5 Å². The average Bonchev–Trinajstić information content (AvgIpc) is 3.05. The first-order valence-electron chi connectivity index (χ1n) is 16.4. The minimum atomic E-state index is -4.13. The first-order chi connectivity index (χ1) is 23.0. The lowest BCUT2D eigenvalue weighted by Gasteiger charge is -2.60. The van der Waals surface area contributed by atoms with Gasteiger partial charge in [0.05, 0.1) is 12.0 Å². The van der Waals surface area contributed by atoms with Crippen molar-refractivity contribution in [2.75, 3.05) is 31.1 Å². The van der Waals surface area contributed by atoms with Crippen LogP contribution in [0.1, 0.15) is 44.1 Å². The van der Waals surface area contributed by atoms with Crippen molar-refractivity contribution in [1.29, 1.82) is 0 Å². The van der Waals surface area contributed by atoms with E-state index in [1.165, 1.54) is 42.2 Å². The molecule has 250 valence electrons. The van der Waals surface area contributed by atoms with Crippen molar-refractivity contribution in [1.82, 2.24) is 19.4 Å². The molecule has 1 saturated heterocycles. The lowest BCUT2D eigenvalue weighted by atomic mass is 9.49. The quantitative estimate of drug-likeness (QED) is 0.220. The molecule has 9 rings (SSSR count). The first-order valence-corrected chi connectivity index (χ1v) is 18.6. The second-order valence-corrected chi connectivity index (χ2v) is 17.3. The molecule has 4 bridgehead atoms. The highest BCUT2D eigenvalue weighted by molar-refractivity contribution is 9.10. The number of anilines is 1. The number of rotatable bonds is 7. The zero-order valence-electron chi connectivity index (χ0n) is 26.3. The van der Waals surface area contributed by atoms with Crippen LogP contribution in [0.2, 0.25) is 0 Å². The summed E-state index contributed by atoms with van der Waals surface area (Å²) in [5, 5.41) is 1.20. The number of benzene rings is 2.